The molecular formula is C15H16N6O2. The molecule has 0 unspecified atom stereocenters. The zero-order valence-electron chi connectivity index (χ0n) is 12.3. The van der Waals surface area contributed by atoms with Crippen LogP contribution >= 0.6 is 0 Å². The fraction of sp³-hybridized carbons (Fsp3) is 0.200. The molecule has 0 saturated heterocycles. The van der Waals surface area contributed by atoms with Crippen LogP contribution in [0, 0.1) is 0 Å². The van der Waals surface area contributed by atoms with E-state index in [0.29, 0.717) is 17.9 Å². The van der Waals surface area contributed by atoms with Gasteiger partial charge >= 0.3 is 0 Å². The third kappa shape index (κ3) is 3.73. The summed E-state index contributed by atoms with van der Waals surface area (Å²) in [5, 5.41) is 3.26. The second kappa shape index (κ2) is 6.73. The molecule has 2 heterocycles. The average molecular weight is 312 g/mol. The largest absolute Gasteiger partial charge is 0.484 e. The van der Waals surface area contributed by atoms with Gasteiger partial charge in [0.2, 0.25) is 0 Å². The number of rotatable bonds is 7. The number of hydrogen-bond acceptors (Lipinski definition) is 6. The second-order valence-corrected chi connectivity index (χ2v) is 4.90. The highest BCUT2D eigenvalue weighted by Crippen LogP contribution is 2.15. The molecule has 2 aromatic heterocycles. The molecule has 0 aliphatic rings. The van der Waals surface area contributed by atoms with Crippen LogP contribution < -0.4 is 15.8 Å². The van der Waals surface area contributed by atoms with Gasteiger partial charge in [0, 0.05) is 6.54 Å². The minimum atomic E-state index is -0.492. The van der Waals surface area contributed by atoms with Crippen molar-refractivity contribution in [2.45, 2.75) is 6.42 Å². The molecule has 0 aliphatic carbocycles. The van der Waals surface area contributed by atoms with E-state index >= 15 is 0 Å². The number of aromatic nitrogens is 4. The topological polar surface area (TPSA) is 119 Å². The van der Waals surface area contributed by atoms with Crippen molar-refractivity contribution in [2.24, 2.45) is 5.73 Å². The molecule has 1 aromatic carbocycles. The first kappa shape index (κ1) is 14.8. The van der Waals surface area contributed by atoms with Gasteiger partial charge in [-0.25, -0.2) is 15.0 Å². The number of benzene rings is 1. The number of hydrogen-bond donors (Lipinski definition) is 3. The van der Waals surface area contributed by atoms with Crippen LogP contribution in [0.3, 0.4) is 0 Å². The number of aromatic amines is 1. The number of carbonyl (C=O) groups is 1. The number of amides is 1. The highest BCUT2D eigenvalue weighted by Gasteiger charge is 2.05. The van der Waals surface area contributed by atoms with E-state index in [0.717, 1.165) is 23.3 Å². The van der Waals surface area contributed by atoms with Gasteiger partial charge in [0.15, 0.2) is 18.1 Å². The summed E-state index contributed by atoms with van der Waals surface area (Å²) < 4.78 is 5.22. The molecule has 3 rings (SSSR count). The van der Waals surface area contributed by atoms with Crippen LogP contribution in [0.15, 0.2) is 36.9 Å². The molecule has 8 heteroatoms. The maximum absolute atomic E-state index is 10.7. The Labute approximate surface area is 132 Å². The lowest BCUT2D eigenvalue weighted by Gasteiger charge is -2.07. The van der Waals surface area contributed by atoms with Gasteiger partial charge in [-0.05, 0) is 24.1 Å². The van der Waals surface area contributed by atoms with Crippen molar-refractivity contribution in [1.82, 2.24) is 19.9 Å². The molecule has 0 saturated carbocycles. The number of imidazole rings is 1. The van der Waals surface area contributed by atoms with Gasteiger partial charge in [-0.15, -0.1) is 0 Å². The molecule has 23 heavy (non-hydrogen) atoms. The number of primary amides is 1. The average Bonchev–Trinajstić information content (AvgIpc) is 3.03. The van der Waals surface area contributed by atoms with Gasteiger partial charge in [-0.1, -0.05) is 12.1 Å². The Morgan fingerprint density at radius 1 is 1.22 bits per heavy atom. The zero-order chi connectivity index (χ0) is 16.1. The summed E-state index contributed by atoms with van der Waals surface area (Å²) in [7, 11) is 0. The number of ether oxygens (including phenoxy) is 1. The van der Waals surface area contributed by atoms with E-state index in [-0.39, 0.29) is 6.61 Å². The number of nitrogens with two attached hydrogens (primary N) is 1. The number of anilines is 1. The molecule has 4 N–H and O–H groups in total. The molecule has 118 valence electrons. The highest BCUT2D eigenvalue weighted by atomic mass is 16.5. The summed E-state index contributed by atoms with van der Waals surface area (Å²) >= 11 is 0. The minimum Gasteiger partial charge on any atom is -0.484 e. The van der Waals surface area contributed by atoms with E-state index in [1.165, 1.54) is 6.33 Å². The smallest absolute Gasteiger partial charge is 0.255 e. The molecule has 0 fully saturated rings. The summed E-state index contributed by atoms with van der Waals surface area (Å²) in [6, 6.07) is 7.53. The Morgan fingerprint density at radius 2 is 2.04 bits per heavy atom. The molecule has 0 bridgehead atoms. The molecular weight excluding hydrogens is 296 g/mol. The lowest BCUT2D eigenvalue weighted by atomic mass is 10.1. The summed E-state index contributed by atoms with van der Waals surface area (Å²) in [4.78, 5) is 26.0. The van der Waals surface area contributed by atoms with Gasteiger partial charge < -0.3 is 20.8 Å². The molecule has 0 spiro atoms. The van der Waals surface area contributed by atoms with E-state index in [9.17, 15) is 4.79 Å². The molecule has 1 amide bonds. The van der Waals surface area contributed by atoms with Crippen molar-refractivity contribution in [3.05, 3.63) is 42.5 Å². The maximum atomic E-state index is 10.7. The third-order valence-corrected chi connectivity index (χ3v) is 3.23. The fourth-order valence-corrected chi connectivity index (χ4v) is 2.13. The zero-order valence-corrected chi connectivity index (χ0v) is 12.3. The van der Waals surface area contributed by atoms with Crippen LogP contribution in [0.1, 0.15) is 5.56 Å². The molecule has 0 atom stereocenters. The highest BCUT2D eigenvalue weighted by molar-refractivity contribution is 5.81. The summed E-state index contributed by atoms with van der Waals surface area (Å²) in [6.07, 6.45) is 3.89. The molecule has 3 aromatic rings. The summed E-state index contributed by atoms with van der Waals surface area (Å²) in [5.41, 5.74) is 7.60. The summed E-state index contributed by atoms with van der Waals surface area (Å²) in [5.74, 6) is 0.859. The first-order valence-corrected chi connectivity index (χ1v) is 7.10. The van der Waals surface area contributed by atoms with E-state index in [4.69, 9.17) is 10.5 Å². The normalized spacial score (nSPS) is 10.6. The van der Waals surface area contributed by atoms with Crippen molar-refractivity contribution >= 4 is 22.9 Å². The Hall–Kier alpha value is -3.16. The van der Waals surface area contributed by atoms with Gasteiger partial charge in [0.25, 0.3) is 5.91 Å². The first-order valence-electron chi connectivity index (χ1n) is 7.10. The Bertz CT molecular complexity index is 799. The van der Waals surface area contributed by atoms with E-state index in [1.54, 1.807) is 6.33 Å². The van der Waals surface area contributed by atoms with E-state index in [2.05, 4.69) is 25.3 Å². The standard InChI is InChI=1S/C15H16N6O2/c16-12(22)7-23-11-3-1-10(2-4-11)5-6-17-14-13-15(19-8-18-13)21-9-20-14/h1-4,8-9H,5-7H2,(H2,16,22)(H2,17,18,19,20,21). The summed E-state index contributed by atoms with van der Waals surface area (Å²) in [6.45, 7) is 0.599. The molecule has 8 nitrogen and oxygen atoms in total. The van der Waals surface area contributed by atoms with Crippen molar-refractivity contribution in [2.75, 3.05) is 18.5 Å². The molecule has 0 radical (unpaired) electrons. The quantitative estimate of drug-likeness (QED) is 0.595. The number of fused-ring (bicyclic) bond motifs is 1. The fourth-order valence-electron chi connectivity index (χ4n) is 2.13. The van der Waals surface area contributed by atoms with Gasteiger partial charge in [0.1, 0.15) is 17.6 Å². The van der Waals surface area contributed by atoms with Crippen LogP contribution in [-0.2, 0) is 11.2 Å². The molecule has 0 aliphatic heterocycles. The Balaban J connectivity index is 1.54. The van der Waals surface area contributed by atoms with Crippen LogP contribution in [0.5, 0.6) is 5.75 Å². The predicted octanol–water partition coefficient (Wildman–Crippen LogP) is 0.872. The second-order valence-electron chi connectivity index (χ2n) is 4.90. The van der Waals surface area contributed by atoms with Gasteiger partial charge in [0.05, 0.1) is 6.33 Å². The van der Waals surface area contributed by atoms with Crippen molar-refractivity contribution < 1.29 is 9.53 Å². The Kier molecular flexibility index (Phi) is 4.32. The Morgan fingerprint density at radius 3 is 2.83 bits per heavy atom. The van der Waals surface area contributed by atoms with Crippen LogP contribution in [0.25, 0.3) is 11.2 Å². The van der Waals surface area contributed by atoms with Gasteiger partial charge in [-0.3, -0.25) is 4.79 Å². The monoisotopic (exact) mass is 312 g/mol. The van der Waals surface area contributed by atoms with Crippen LogP contribution in [0.2, 0.25) is 0 Å². The number of nitrogens with one attached hydrogen (secondary N) is 2. The first-order chi connectivity index (χ1) is 11.2. The van der Waals surface area contributed by atoms with Crippen molar-refractivity contribution in [3.63, 3.8) is 0 Å². The lowest BCUT2D eigenvalue weighted by molar-refractivity contribution is -0.119. The van der Waals surface area contributed by atoms with Gasteiger partial charge in [-0.2, -0.15) is 0 Å². The lowest BCUT2D eigenvalue weighted by Crippen LogP contribution is -2.19. The van der Waals surface area contributed by atoms with Crippen molar-refractivity contribution in [1.29, 1.82) is 0 Å². The van der Waals surface area contributed by atoms with E-state index < -0.39 is 5.91 Å². The number of H-pyrrole nitrogens is 1. The number of nitrogens with zero attached hydrogens (tertiary/aromatic N) is 3. The van der Waals surface area contributed by atoms with Crippen molar-refractivity contribution in [3.8, 4) is 5.75 Å². The minimum absolute atomic E-state index is 0.116. The van der Waals surface area contributed by atoms with E-state index in [1.807, 2.05) is 24.3 Å². The SMILES string of the molecule is NC(=O)COc1ccc(CCNc2ncnc3nc[nH]c23)cc1. The maximum Gasteiger partial charge on any atom is 0.255 e. The predicted molar refractivity (Wildman–Crippen MR) is 85.0 cm³/mol. The van der Waals surface area contributed by atoms with Crippen LogP contribution in [0.4, 0.5) is 5.82 Å². The third-order valence-electron chi connectivity index (χ3n) is 3.23. The number of carbonyl (C=O) groups excluding carboxylic acids is 1. The van der Waals surface area contributed by atoms with Crippen LogP contribution in [-0.4, -0.2) is 39.0 Å².